The van der Waals surface area contributed by atoms with Crippen LogP contribution in [0.5, 0.6) is 0 Å². The van der Waals surface area contributed by atoms with Crippen molar-refractivity contribution in [2.24, 2.45) is 10.9 Å². The maximum atomic E-state index is 4.67. The summed E-state index contributed by atoms with van der Waals surface area (Å²) in [5, 5.41) is 6.66. The first-order valence-corrected chi connectivity index (χ1v) is 8.41. The number of guanidine groups is 1. The summed E-state index contributed by atoms with van der Waals surface area (Å²) in [6.45, 7) is 11.2. The van der Waals surface area contributed by atoms with Gasteiger partial charge in [0, 0.05) is 32.4 Å². The highest BCUT2D eigenvalue weighted by molar-refractivity contribution is 5.79. The highest BCUT2D eigenvalue weighted by Gasteiger charge is 2.13. The van der Waals surface area contributed by atoms with Gasteiger partial charge in [0.05, 0.1) is 6.54 Å². The van der Waals surface area contributed by atoms with E-state index in [1.807, 2.05) is 6.20 Å². The number of aromatic nitrogens is 1. The summed E-state index contributed by atoms with van der Waals surface area (Å²) in [6.07, 6.45) is 4.44. The smallest absolute Gasteiger partial charge is 0.191 e. The summed E-state index contributed by atoms with van der Waals surface area (Å²) < 4.78 is 0. The summed E-state index contributed by atoms with van der Waals surface area (Å²) in [6, 6.07) is 4.22. The Balaban J connectivity index is 1.98. The van der Waals surface area contributed by atoms with Crippen LogP contribution in [0.1, 0.15) is 39.2 Å². The Bertz CT molecular complexity index is 478. The van der Waals surface area contributed by atoms with E-state index in [0.717, 1.165) is 38.0 Å². The van der Waals surface area contributed by atoms with Gasteiger partial charge in [0.2, 0.25) is 0 Å². The van der Waals surface area contributed by atoms with Gasteiger partial charge in [0.15, 0.2) is 5.96 Å². The van der Waals surface area contributed by atoms with Crippen molar-refractivity contribution in [1.82, 2.24) is 15.6 Å². The molecule has 22 heavy (non-hydrogen) atoms. The summed E-state index contributed by atoms with van der Waals surface area (Å²) >= 11 is 0. The number of rotatable bonds is 6. The molecule has 0 radical (unpaired) electrons. The average molecular weight is 303 g/mol. The fraction of sp³-hybridized carbons (Fsp3) is 0.647. The van der Waals surface area contributed by atoms with Crippen LogP contribution in [0.3, 0.4) is 0 Å². The van der Waals surface area contributed by atoms with Gasteiger partial charge in [-0.15, -0.1) is 0 Å². The minimum absolute atomic E-state index is 0.603. The van der Waals surface area contributed by atoms with E-state index in [0.29, 0.717) is 12.5 Å². The third-order valence-electron chi connectivity index (χ3n) is 3.68. The molecule has 0 amide bonds. The Morgan fingerprint density at radius 3 is 2.77 bits per heavy atom. The lowest BCUT2D eigenvalue weighted by molar-refractivity contribution is 0.615. The lowest BCUT2D eigenvalue weighted by Gasteiger charge is -2.17. The van der Waals surface area contributed by atoms with Crippen LogP contribution in [0.25, 0.3) is 0 Å². The minimum Gasteiger partial charge on any atom is -0.357 e. The Hall–Kier alpha value is -1.78. The molecule has 1 aliphatic heterocycles. The Labute approximate surface area is 134 Å². The molecule has 5 heteroatoms. The molecule has 0 unspecified atom stereocenters. The molecule has 0 spiro atoms. The number of hydrogen-bond acceptors (Lipinski definition) is 3. The largest absolute Gasteiger partial charge is 0.357 e. The predicted molar refractivity (Wildman–Crippen MR) is 93.3 cm³/mol. The average Bonchev–Trinajstić information content (AvgIpc) is 3.04. The van der Waals surface area contributed by atoms with Gasteiger partial charge in [-0.1, -0.05) is 13.8 Å². The van der Waals surface area contributed by atoms with Crippen LogP contribution >= 0.6 is 0 Å². The first-order chi connectivity index (χ1) is 10.7. The molecule has 0 saturated carbocycles. The molecular weight excluding hydrogens is 274 g/mol. The first-order valence-electron chi connectivity index (χ1n) is 8.41. The zero-order valence-electron chi connectivity index (χ0n) is 14.1. The van der Waals surface area contributed by atoms with Crippen molar-refractivity contribution in [1.29, 1.82) is 0 Å². The Morgan fingerprint density at radius 1 is 1.32 bits per heavy atom. The van der Waals surface area contributed by atoms with Crippen molar-refractivity contribution in [2.45, 2.75) is 40.2 Å². The van der Waals surface area contributed by atoms with Crippen molar-refractivity contribution in [3.05, 3.63) is 23.9 Å². The number of nitrogens with one attached hydrogen (secondary N) is 2. The van der Waals surface area contributed by atoms with Gasteiger partial charge in [-0.05, 0) is 43.4 Å². The molecule has 0 aliphatic carbocycles. The zero-order valence-corrected chi connectivity index (χ0v) is 14.1. The van der Waals surface area contributed by atoms with Gasteiger partial charge < -0.3 is 15.5 Å². The van der Waals surface area contributed by atoms with E-state index in [9.17, 15) is 0 Å². The van der Waals surface area contributed by atoms with Crippen molar-refractivity contribution in [3.63, 3.8) is 0 Å². The summed E-state index contributed by atoms with van der Waals surface area (Å²) in [7, 11) is 0. The van der Waals surface area contributed by atoms with Gasteiger partial charge in [-0.2, -0.15) is 0 Å². The van der Waals surface area contributed by atoms with E-state index >= 15 is 0 Å². The molecular formula is C17H29N5. The third-order valence-corrected chi connectivity index (χ3v) is 3.68. The second-order valence-electron chi connectivity index (χ2n) is 6.19. The van der Waals surface area contributed by atoms with Gasteiger partial charge in [0.1, 0.15) is 5.82 Å². The van der Waals surface area contributed by atoms with E-state index in [1.54, 1.807) is 0 Å². The molecule has 1 aromatic heterocycles. The molecule has 122 valence electrons. The van der Waals surface area contributed by atoms with Crippen molar-refractivity contribution in [3.8, 4) is 0 Å². The fourth-order valence-corrected chi connectivity index (χ4v) is 2.49. The van der Waals surface area contributed by atoms with Gasteiger partial charge in [0.25, 0.3) is 0 Å². The Morgan fingerprint density at radius 2 is 2.09 bits per heavy atom. The molecule has 1 aromatic rings. The maximum Gasteiger partial charge on any atom is 0.191 e. The summed E-state index contributed by atoms with van der Waals surface area (Å²) in [4.78, 5) is 11.5. The molecule has 1 fully saturated rings. The molecule has 0 atom stereocenters. The van der Waals surface area contributed by atoms with Crippen LogP contribution in [0, 0.1) is 5.92 Å². The topological polar surface area (TPSA) is 52.6 Å². The standard InChI is InChI=1S/C17H29N5/c1-4-18-17(20-12-14(2)3)21-13-15-7-8-19-16(11-15)22-9-5-6-10-22/h7-8,11,14H,4-6,9-10,12-13H2,1-3H3,(H2,18,20,21). The maximum absolute atomic E-state index is 4.67. The highest BCUT2D eigenvalue weighted by Crippen LogP contribution is 2.18. The molecule has 1 saturated heterocycles. The van der Waals surface area contributed by atoms with E-state index in [4.69, 9.17) is 0 Å². The van der Waals surface area contributed by atoms with Crippen LogP contribution < -0.4 is 15.5 Å². The van der Waals surface area contributed by atoms with Crippen LogP contribution in [0.4, 0.5) is 5.82 Å². The zero-order chi connectivity index (χ0) is 15.8. The molecule has 2 N–H and O–H groups in total. The van der Waals surface area contributed by atoms with Crippen molar-refractivity contribution < 1.29 is 0 Å². The monoisotopic (exact) mass is 303 g/mol. The fourth-order valence-electron chi connectivity index (χ4n) is 2.49. The highest BCUT2D eigenvalue weighted by atomic mass is 15.2. The second-order valence-corrected chi connectivity index (χ2v) is 6.19. The summed E-state index contributed by atoms with van der Waals surface area (Å²) in [5.74, 6) is 2.58. The minimum atomic E-state index is 0.603. The number of hydrogen-bond donors (Lipinski definition) is 2. The quantitative estimate of drug-likeness (QED) is 0.626. The molecule has 5 nitrogen and oxygen atoms in total. The lowest BCUT2D eigenvalue weighted by Crippen LogP contribution is -2.39. The second kappa shape index (κ2) is 8.61. The third kappa shape index (κ3) is 5.20. The Kier molecular flexibility index (Phi) is 6.49. The number of anilines is 1. The van der Waals surface area contributed by atoms with Crippen LogP contribution in [0.15, 0.2) is 23.3 Å². The molecule has 2 rings (SSSR count). The molecule has 1 aliphatic rings. The van der Waals surface area contributed by atoms with Gasteiger partial charge >= 0.3 is 0 Å². The predicted octanol–water partition coefficient (Wildman–Crippen LogP) is 2.39. The van der Waals surface area contributed by atoms with E-state index in [-0.39, 0.29) is 0 Å². The SMILES string of the molecule is CCNC(=NCc1ccnc(N2CCCC2)c1)NCC(C)C. The normalized spacial score (nSPS) is 15.5. The van der Waals surface area contributed by atoms with Crippen molar-refractivity contribution in [2.75, 3.05) is 31.1 Å². The summed E-state index contributed by atoms with van der Waals surface area (Å²) in [5.41, 5.74) is 1.21. The van der Waals surface area contributed by atoms with Crippen molar-refractivity contribution >= 4 is 11.8 Å². The molecule has 0 bridgehead atoms. The number of nitrogens with zero attached hydrogens (tertiary/aromatic N) is 3. The molecule has 2 heterocycles. The number of pyridine rings is 1. The molecule has 0 aromatic carbocycles. The van der Waals surface area contributed by atoms with Gasteiger partial charge in [-0.25, -0.2) is 9.98 Å². The van der Waals surface area contributed by atoms with Crippen LogP contribution in [-0.4, -0.2) is 37.1 Å². The lowest BCUT2D eigenvalue weighted by atomic mass is 10.2. The van der Waals surface area contributed by atoms with E-state index in [1.165, 1.54) is 18.4 Å². The van der Waals surface area contributed by atoms with E-state index in [2.05, 4.69) is 58.4 Å². The van der Waals surface area contributed by atoms with Gasteiger partial charge in [-0.3, -0.25) is 0 Å². The van der Waals surface area contributed by atoms with E-state index < -0.39 is 0 Å². The first kappa shape index (κ1) is 16.6. The van der Waals surface area contributed by atoms with Crippen LogP contribution in [-0.2, 0) is 6.54 Å². The number of aliphatic imine (C=N–C) groups is 1. The van der Waals surface area contributed by atoms with Crippen LogP contribution in [0.2, 0.25) is 0 Å².